The van der Waals surface area contributed by atoms with Crippen LogP contribution in [0.15, 0.2) is 119 Å². The molecular formula is C31H34B3ClN4O7S2. The van der Waals surface area contributed by atoms with E-state index in [4.69, 9.17) is 25.3 Å². The van der Waals surface area contributed by atoms with Gasteiger partial charge >= 0.3 is 21.4 Å². The lowest BCUT2D eigenvalue weighted by atomic mass is 9.74. The molecule has 11 nitrogen and oxygen atoms in total. The molecule has 5 heterocycles. The van der Waals surface area contributed by atoms with Crippen molar-refractivity contribution < 1.29 is 30.6 Å². The lowest BCUT2D eigenvalue weighted by Crippen LogP contribution is -2.44. The third kappa shape index (κ3) is 8.38. The first-order chi connectivity index (χ1) is 22.4. The summed E-state index contributed by atoms with van der Waals surface area (Å²) in [6, 6.07) is 27.1. The highest BCUT2D eigenvalue weighted by Gasteiger charge is 2.31. The minimum atomic E-state index is -3.64. The fraction of sp³-hybridized carbons (Fsp3) is 0.161. The van der Waals surface area contributed by atoms with Gasteiger partial charge in [0.15, 0.2) is 11.3 Å². The van der Waals surface area contributed by atoms with Gasteiger partial charge in [-0.15, -0.1) is 0 Å². The molecule has 7 rings (SSSR count). The van der Waals surface area contributed by atoms with Crippen LogP contribution in [0.25, 0.3) is 22.1 Å². The van der Waals surface area contributed by atoms with Gasteiger partial charge in [-0.3, -0.25) is 0 Å². The van der Waals surface area contributed by atoms with Gasteiger partial charge in [0.05, 0.1) is 9.79 Å². The summed E-state index contributed by atoms with van der Waals surface area (Å²) in [4.78, 5) is 8.86. The fourth-order valence-corrected chi connectivity index (χ4v) is 7.54. The average Bonchev–Trinajstić information content (AvgIpc) is 3.66. The van der Waals surface area contributed by atoms with Gasteiger partial charge in [0.25, 0.3) is 20.0 Å². The largest absolute Gasteiger partial charge is 0.453 e. The van der Waals surface area contributed by atoms with Crippen molar-refractivity contribution in [2.75, 3.05) is 0 Å². The molecule has 0 spiro atoms. The second-order valence-corrected chi connectivity index (χ2v) is 14.4. The van der Waals surface area contributed by atoms with Crippen molar-refractivity contribution >= 4 is 75.1 Å². The second-order valence-electron chi connectivity index (χ2n) is 10.4. The number of rotatable bonds is 4. The molecule has 0 unspecified atom stereocenters. The zero-order chi connectivity index (χ0) is 33.8. The van der Waals surface area contributed by atoms with Crippen LogP contribution in [0.5, 0.6) is 0 Å². The Labute approximate surface area is 287 Å². The van der Waals surface area contributed by atoms with Crippen molar-refractivity contribution in [1.29, 1.82) is 0 Å². The summed E-state index contributed by atoms with van der Waals surface area (Å²) in [5.41, 5.74) is 1.58. The summed E-state index contributed by atoms with van der Waals surface area (Å²) in [5.74, 6) is 0. The first kappa shape index (κ1) is 36.9. The van der Waals surface area contributed by atoms with Crippen molar-refractivity contribution in [2.24, 2.45) is 0 Å². The van der Waals surface area contributed by atoms with Gasteiger partial charge in [0.1, 0.15) is 5.15 Å². The second kappa shape index (κ2) is 15.5. The topological polar surface area (TPSA) is 132 Å². The maximum atomic E-state index is 12.5. The molecule has 0 saturated carbocycles. The number of benzene rings is 2. The summed E-state index contributed by atoms with van der Waals surface area (Å²) in [6.07, 6.45) is 3.02. The van der Waals surface area contributed by atoms with Gasteiger partial charge < -0.3 is 13.7 Å². The highest BCUT2D eigenvalue weighted by molar-refractivity contribution is 7.90. The van der Waals surface area contributed by atoms with E-state index in [1.807, 2.05) is 39.5 Å². The molecule has 248 valence electrons. The van der Waals surface area contributed by atoms with Gasteiger partial charge in [-0.05, 0) is 88.1 Å². The Morgan fingerprint density at radius 1 is 0.583 bits per heavy atom. The molecule has 0 radical (unpaired) electrons. The molecule has 1 fully saturated rings. The van der Waals surface area contributed by atoms with E-state index in [0.29, 0.717) is 11.3 Å². The van der Waals surface area contributed by atoms with Crippen LogP contribution in [0.4, 0.5) is 0 Å². The molecule has 0 bridgehead atoms. The quantitative estimate of drug-likeness (QED) is 0.148. The number of aromatic nitrogens is 4. The Morgan fingerprint density at radius 2 is 0.979 bits per heavy atom. The smallest absolute Gasteiger partial charge is 0.426 e. The van der Waals surface area contributed by atoms with Gasteiger partial charge in [-0.1, -0.05) is 55.4 Å². The third-order valence-corrected chi connectivity index (χ3v) is 10.4. The first-order valence-corrected chi connectivity index (χ1v) is 17.8. The average molecular weight is 707 g/mol. The van der Waals surface area contributed by atoms with E-state index in [2.05, 4.69) is 9.97 Å². The third-order valence-electron chi connectivity index (χ3n) is 6.86. The SMILES string of the molecule is C.CB1OB(C)OB(C)O1.Cc1ccc2ccn(S(=O)(=O)c3ccccc3)c2n1.O=S(=O)(c1ccccc1)n1ccc2ccc(Cl)nc21. The summed E-state index contributed by atoms with van der Waals surface area (Å²) in [6.45, 7) is 7.41. The minimum absolute atomic E-state index is 0. The summed E-state index contributed by atoms with van der Waals surface area (Å²) >= 11 is 5.82. The zero-order valence-electron chi connectivity index (χ0n) is 26.0. The van der Waals surface area contributed by atoms with E-state index in [9.17, 15) is 16.8 Å². The Kier molecular flexibility index (Phi) is 11.9. The van der Waals surface area contributed by atoms with Crippen LogP contribution in [0, 0.1) is 6.92 Å². The number of fused-ring (bicyclic) bond motifs is 2. The number of pyridine rings is 2. The Morgan fingerprint density at radius 3 is 1.42 bits per heavy atom. The highest BCUT2D eigenvalue weighted by Crippen LogP contribution is 2.23. The molecule has 6 aromatic rings. The fourth-order valence-electron chi connectivity index (χ4n) is 4.75. The first-order valence-electron chi connectivity index (χ1n) is 14.5. The van der Waals surface area contributed by atoms with Crippen molar-refractivity contribution in [1.82, 2.24) is 17.9 Å². The maximum Gasteiger partial charge on any atom is 0.426 e. The van der Waals surface area contributed by atoms with Crippen molar-refractivity contribution in [3.63, 3.8) is 0 Å². The van der Waals surface area contributed by atoms with Crippen LogP contribution < -0.4 is 0 Å². The van der Waals surface area contributed by atoms with Gasteiger partial charge in [0, 0.05) is 28.9 Å². The van der Waals surface area contributed by atoms with E-state index in [-0.39, 0.29) is 43.7 Å². The standard InChI is InChI=1S/C14H12N2O2S.C13H9ClN2O2S.C3H9B3O3.CH4/c1-11-7-8-12-9-10-16(14(12)15-11)19(17,18)13-5-3-2-4-6-13;14-12-7-6-10-8-9-16(13(10)15-12)19(17,18)11-4-2-1-3-5-11;1-4-7-5(2)9-6(3)8-4;/h2-10H,1H3;1-9H;1-3H3;1H4. The highest BCUT2D eigenvalue weighted by atomic mass is 35.5. The lowest BCUT2D eigenvalue weighted by molar-refractivity contribution is 0.294. The Hall–Kier alpha value is -3.92. The molecule has 1 aliphatic rings. The maximum absolute atomic E-state index is 12.5. The molecule has 0 aliphatic carbocycles. The van der Waals surface area contributed by atoms with Gasteiger partial charge in [-0.25, -0.2) is 34.7 Å². The summed E-state index contributed by atoms with van der Waals surface area (Å²) in [5, 5.41) is 1.80. The Bertz CT molecular complexity index is 2030. The van der Waals surface area contributed by atoms with Crippen LogP contribution in [-0.4, -0.2) is 56.1 Å². The summed E-state index contributed by atoms with van der Waals surface area (Å²) < 4.78 is 67.8. The van der Waals surface area contributed by atoms with Crippen LogP contribution in [-0.2, 0) is 33.8 Å². The Balaban J connectivity index is 0.000000171. The van der Waals surface area contributed by atoms with Crippen LogP contribution in [0.1, 0.15) is 13.1 Å². The molecule has 1 aliphatic heterocycles. The molecular weight excluding hydrogens is 672 g/mol. The normalized spacial score (nSPS) is 13.3. The predicted octanol–water partition coefficient (Wildman–Crippen LogP) is 6.55. The van der Waals surface area contributed by atoms with Crippen LogP contribution in [0.2, 0.25) is 25.6 Å². The van der Waals surface area contributed by atoms with E-state index in [1.165, 1.54) is 10.2 Å². The number of aryl methyl sites for hydroxylation is 1. The van der Waals surface area contributed by atoms with Crippen molar-refractivity contribution in [2.45, 2.75) is 44.6 Å². The molecule has 48 heavy (non-hydrogen) atoms. The van der Waals surface area contributed by atoms with Crippen LogP contribution in [0.3, 0.4) is 0 Å². The number of nitrogens with zero attached hydrogens (tertiary/aromatic N) is 4. The molecule has 4 aromatic heterocycles. The molecule has 1 saturated heterocycles. The minimum Gasteiger partial charge on any atom is -0.453 e. The van der Waals surface area contributed by atoms with Crippen LogP contribution >= 0.6 is 11.6 Å². The number of hydrogen-bond acceptors (Lipinski definition) is 9. The molecule has 2 aromatic carbocycles. The lowest BCUT2D eigenvalue weighted by Gasteiger charge is -2.25. The van der Waals surface area contributed by atoms with E-state index >= 15 is 0 Å². The zero-order valence-corrected chi connectivity index (χ0v) is 28.4. The molecule has 17 heteroatoms. The molecule has 0 amide bonds. The molecule has 0 N–H and O–H groups in total. The van der Waals surface area contributed by atoms with E-state index in [1.54, 1.807) is 91.1 Å². The summed E-state index contributed by atoms with van der Waals surface area (Å²) in [7, 11) is -7.63. The van der Waals surface area contributed by atoms with E-state index < -0.39 is 20.0 Å². The predicted molar refractivity (Wildman–Crippen MR) is 192 cm³/mol. The van der Waals surface area contributed by atoms with Gasteiger partial charge in [0.2, 0.25) is 0 Å². The number of hydrogen-bond donors (Lipinski definition) is 0. The monoisotopic (exact) mass is 706 g/mol. The molecule has 0 atom stereocenters. The van der Waals surface area contributed by atoms with Crippen molar-refractivity contribution in [3.8, 4) is 0 Å². The van der Waals surface area contributed by atoms with Gasteiger partial charge in [-0.2, -0.15) is 0 Å². The van der Waals surface area contributed by atoms with Crippen molar-refractivity contribution in [3.05, 3.63) is 120 Å². The number of halogens is 1. The van der Waals surface area contributed by atoms with E-state index in [0.717, 1.165) is 20.4 Å².